The van der Waals surface area contributed by atoms with Crippen molar-refractivity contribution in [3.05, 3.63) is 42.0 Å². The Labute approximate surface area is 156 Å². The monoisotopic (exact) mass is 353 g/mol. The smallest absolute Gasteiger partial charge is 0.120 e. The summed E-state index contributed by atoms with van der Waals surface area (Å²) < 4.78 is 11.6. The van der Waals surface area contributed by atoms with Crippen molar-refractivity contribution in [2.75, 3.05) is 13.2 Å². The molecule has 0 aromatic heterocycles. The van der Waals surface area contributed by atoms with Crippen LogP contribution in [-0.4, -0.2) is 19.3 Å². The summed E-state index contributed by atoms with van der Waals surface area (Å²) >= 11 is 0. The average Bonchev–Trinajstić information content (AvgIpc) is 2.59. The van der Waals surface area contributed by atoms with Crippen LogP contribution in [-0.2, 0) is 10.3 Å². The first kappa shape index (κ1) is 17.8. The number of ether oxygens (including phenoxy) is 2. The fourth-order valence-electron chi connectivity index (χ4n) is 4.33. The molecule has 2 aliphatic rings. The van der Waals surface area contributed by atoms with Crippen LogP contribution in [0.1, 0.15) is 52.0 Å². The Balaban J connectivity index is 1.44. The molecule has 2 fully saturated rings. The van der Waals surface area contributed by atoms with Gasteiger partial charge < -0.3 is 15.2 Å². The molecule has 0 spiro atoms. The first-order chi connectivity index (χ1) is 12.3. The molecule has 0 atom stereocenters. The van der Waals surface area contributed by atoms with Gasteiger partial charge in [-0.15, -0.1) is 0 Å². The van der Waals surface area contributed by atoms with Gasteiger partial charge >= 0.3 is 0 Å². The Bertz CT molecular complexity index is 780. The van der Waals surface area contributed by atoms with E-state index in [1.54, 1.807) is 0 Å². The van der Waals surface area contributed by atoms with Crippen molar-refractivity contribution in [2.24, 2.45) is 17.1 Å². The van der Waals surface area contributed by atoms with Crippen LogP contribution in [0.15, 0.2) is 36.4 Å². The van der Waals surface area contributed by atoms with E-state index in [-0.39, 0.29) is 5.54 Å². The molecule has 1 aliphatic carbocycles. The number of hydrogen-bond acceptors (Lipinski definition) is 3. The molecule has 26 heavy (non-hydrogen) atoms. The van der Waals surface area contributed by atoms with Crippen LogP contribution >= 0.6 is 0 Å². The summed E-state index contributed by atoms with van der Waals surface area (Å²) in [7, 11) is 0. The largest absolute Gasteiger partial charge is 0.490 e. The number of nitrogens with two attached hydrogens (primary N) is 1. The quantitative estimate of drug-likeness (QED) is 0.844. The van der Waals surface area contributed by atoms with Gasteiger partial charge in [0.15, 0.2) is 0 Å². The molecule has 1 heterocycles. The first-order valence-electron chi connectivity index (χ1n) is 9.91. The average molecular weight is 354 g/mol. The molecule has 0 amide bonds. The van der Waals surface area contributed by atoms with E-state index in [0.29, 0.717) is 24.7 Å². The molecular weight excluding hydrogens is 322 g/mol. The maximum Gasteiger partial charge on any atom is 0.120 e. The van der Waals surface area contributed by atoms with Crippen molar-refractivity contribution < 1.29 is 9.47 Å². The molecule has 3 heteroatoms. The zero-order chi connectivity index (χ0) is 18.4. The highest BCUT2D eigenvalue weighted by molar-refractivity contribution is 5.84. The summed E-state index contributed by atoms with van der Waals surface area (Å²) in [5, 5.41) is 2.42. The van der Waals surface area contributed by atoms with Crippen LogP contribution in [0.4, 0.5) is 0 Å². The van der Waals surface area contributed by atoms with Gasteiger partial charge in [0, 0.05) is 0 Å². The van der Waals surface area contributed by atoms with Gasteiger partial charge in [0.25, 0.3) is 0 Å². The van der Waals surface area contributed by atoms with E-state index in [1.807, 2.05) is 0 Å². The number of benzene rings is 2. The second-order valence-corrected chi connectivity index (χ2v) is 9.33. The summed E-state index contributed by atoms with van der Waals surface area (Å²) in [4.78, 5) is 0. The van der Waals surface area contributed by atoms with Gasteiger partial charge in [-0.05, 0) is 71.6 Å². The van der Waals surface area contributed by atoms with Gasteiger partial charge in [0.2, 0.25) is 0 Å². The highest BCUT2D eigenvalue weighted by Gasteiger charge is 2.36. The number of rotatable bonds is 3. The fourth-order valence-corrected chi connectivity index (χ4v) is 4.33. The minimum absolute atomic E-state index is 0.310. The Morgan fingerprint density at radius 2 is 1.62 bits per heavy atom. The summed E-state index contributed by atoms with van der Waals surface area (Å²) in [5.74, 6) is 1.80. The Morgan fingerprint density at radius 1 is 0.962 bits per heavy atom. The molecule has 1 saturated carbocycles. The van der Waals surface area contributed by atoms with E-state index >= 15 is 0 Å². The summed E-state index contributed by atoms with van der Waals surface area (Å²) in [5.41, 5.74) is 7.62. The maximum atomic E-state index is 6.36. The fraction of sp³-hybridized carbons (Fsp3) is 0.565. The first-order valence-corrected chi connectivity index (χ1v) is 9.91. The molecule has 4 rings (SSSR count). The third-order valence-corrected chi connectivity index (χ3v) is 6.31. The molecule has 0 radical (unpaired) electrons. The molecule has 0 unspecified atom stereocenters. The topological polar surface area (TPSA) is 44.5 Å². The normalized spacial score (nSPS) is 25.7. The Morgan fingerprint density at radius 3 is 2.23 bits per heavy atom. The Hall–Kier alpha value is -1.58. The Kier molecular flexibility index (Phi) is 4.48. The number of fused-ring (bicyclic) bond motifs is 1. The van der Waals surface area contributed by atoms with E-state index in [2.05, 4.69) is 57.2 Å². The maximum absolute atomic E-state index is 6.36. The summed E-state index contributed by atoms with van der Waals surface area (Å²) in [6.07, 6.45) is 5.21. The SMILES string of the molecule is CC(C)(C)C1CCC(Oc2ccc3cc(C4(N)COC4)ccc3c2)CC1. The molecule has 0 bridgehead atoms. The molecular formula is C23H31NO2. The minimum Gasteiger partial charge on any atom is -0.490 e. The van der Waals surface area contributed by atoms with Crippen LogP contribution in [0.5, 0.6) is 5.75 Å². The van der Waals surface area contributed by atoms with E-state index in [9.17, 15) is 0 Å². The van der Waals surface area contributed by atoms with E-state index in [1.165, 1.54) is 23.6 Å². The highest BCUT2D eigenvalue weighted by Crippen LogP contribution is 2.39. The van der Waals surface area contributed by atoms with Crippen LogP contribution in [0.25, 0.3) is 10.8 Å². The van der Waals surface area contributed by atoms with Gasteiger partial charge in [-0.25, -0.2) is 0 Å². The highest BCUT2D eigenvalue weighted by atomic mass is 16.5. The standard InChI is InChI=1S/C23H31NO2/c1-22(2,3)18-7-10-20(11-8-18)26-21-9-5-16-12-19(6-4-17(16)13-21)23(24)14-25-15-23/h4-6,9,12-13,18,20H,7-8,10-11,14-15,24H2,1-3H3. The molecule has 3 nitrogen and oxygen atoms in total. The van der Waals surface area contributed by atoms with Crippen LogP contribution < -0.4 is 10.5 Å². The molecule has 1 aliphatic heterocycles. The third kappa shape index (κ3) is 3.47. The van der Waals surface area contributed by atoms with Crippen molar-refractivity contribution in [1.29, 1.82) is 0 Å². The van der Waals surface area contributed by atoms with E-state index in [0.717, 1.165) is 30.1 Å². The zero-order valence-corrected chi connectivity index (χ0v) is 16.3. The van der Waals surface area contributed by atoms with Crippen LogP contribution in [0.2, 0.25) is 0 Å². The minimum atomic E-state index is -0.310. The van der Waals surface area contributed by atoms with Crippen LogP contribution in [0.3, 0.4) is 0 Å². The second kappa shape index (κ2) is 6.54. The molecule has 2 aromatic rings. The lowest BCUT2D eigenvalue weighted by Gasteiger charge is -2.38. The van der Waals surface area contributed by atoms with Gasteiger partial charge in [-0.3, -0.25) is 0 Å². The van der Waals surface area contributed by atoms with Crippen molar-refractivity contribution in [3.8, 4) is 5.75 Å². The lowest BCUT2D eigenvalue weighted by atomic mass is 9.72. The van der Waals surface area contributed by atoms with Crippen molar-refractivity contribution in [3.63, 3.8) is 0 Å². The molecule has 140 valence electrons. The third-order valence-electron chi connectivity index (χ3n) is 6.31. The van der Waals surface area contributed by atoms with E-state index in [4.69, 9.17) is 15.2 Å². The molecule has 1 saturated heterocycles. The molecule has 2 aromatic carbocycles. The summed E-state index contributed by atoms with van der Waals surface area (Å²) in [6.45, 7) is 8.29. The van der Waals surface area contributed by atoms with Gasteiger partial charge in [0.05, 0.1) is 24.9 Å². The van der Waals surface area contributed by atoms with Crippen molar-refractivity contribution in [2.45, 2.75) is 58.1 Å². The lowest BCUT2D eigenvalue weighted by Crippen LogP contribution is -2.54. The van der Waals surface area contributed by atoms with Gasteiger partial charge in [0.1, 0.15) is 5.75 Å². The number of hydrogen-bond donors (Lipinski definition) is 1. The van der Waals surface area contributed by atoms with Gasteiger partial charge in [-0.1, -0.05) is 39.0 Å². The van der Waals surface area contributed by atoms with Gasteiger partial charge in [-0.2, -0.15) is 0 Å². The predicted octanol–water partition coefficient (Wildman–Crippen LogP) is 5.01. The van der Waals surface area contributed by atoms with Crippen LogP contribution in [0, 0.1) is 11.3 Å². The second-order valence-electron chi connectivity index (χ2n) is 9.33. The zero-order valence-electron chi connectivity index (χ0n) is 16.3. The van der Waals surface area contributed by atoms with Crippen molar-refractivity contribution in [1.82, 2.24) is 0 Å². The van der Waals surface area contributed by atoms with Crippen molar-refractivity contribution >= 4 is 10.8 Å². The van der Waals surface area contributed by atoms with E-state index < -0.39 is 0 Å². The lowest BCUT2D eigenvalue weighted by molar-refractivity contribution is -0.0568. The predicted molar refractivity (Wildman–Crippen MR) is 106 cm³/mol. The molecule has 2 N–H and O–H groups in total. The summed E-state index contributed by atoms with van der Waals surface area (Å²) in [6, 6.07) is 12.9.